The minimum Gasteiger partial charge on any atom is -0.508 e. The Hall–Kier alpha value is -3.55. The van der Waals surface area contributed by atoms with Crippen molar-refractivity contribution in [1.82, 2.24) is 0 Å². The lowest BCUT2D eigenvalue weighted by Crippen LogP contribution is -2.12. The molecule has 0 saturated heterocycles. The number of hydrogen-bond acceptors (Lipinski definition) is 8. The van der Waals surface area contributed by atoms with Gasteiger partial charge >= 0.3 is 5.97 Å². The number of aromatic hydroxyl groups is 1. The Morgan fingerprint density at radius 2 is 1.68 bits per heavy atom. The number of methoxy groups -OCH3 is 2. The molecule has 1 atom stereocenters. The number of carbonyl (C=O) groups is 1. The number of ether oxygens (including phenoxy) is 5. The molecule has 0 bridgehead atoms. The van der Waals surface area contributed by atoms with E-state index in [4.69, 9.17) is 23.7 Å². The zero-order chi connectivity index (χ0) is 19.8. The molecule has 2 aliphatic rings. The maximum absolute atomic E-state index is 12.4. The Labute approximate surface area is 160 Å². The molecule has 146 valence electrons. The topological polar surface area (TPSA) is 104 Å². The number of aliphatic hydroxyl groups is 1. The average Bonchev–Trinajstić information content (AvgIpc) is 3.28. The molecule has 0 unspecified atom stereocenters. The quantitative estimate of drug-likeness (QED) is 0.756. The van der Waals surface area contributed by atoms with Crippen LogP contribution in [0.15, 0.2) is 41.7 Å². The molecule has 4 rings (SSSR count). The molecule has 8 nitrogen and oxygen atoms in total. The van der Waals surface area contributed by atoms with Gasteiger partial charge in [-0.25, -0.2) is 4.79 Å². The molecule has 2 heterocycles. The van der Waals surface area contributed by atoms with Crippen molar-refractivity contribution >= 4 is 5.97 Å². The van der Waals surface area contributed by atoms with Gasteiger partial charge in [0.25, 0.3) is 0 Å². The summed E-state index contributed by atoms with van der Waals surface area (Å²) >= 11 is 0. The van der Waals surface area contributed by atoms with Crippen LogP contribution >= 0.6 is 0 Å². The number of aliphatic hydroxyl groups excluding tert-OH is 1. The van der Waals surface area contributed by atoms with Crippen LogP contribution in [0.5, 0.6) is 28.7 Å². The summed E-state index contributed by atoms with van der Waals surface area (Å²) in [6.45, 7) is -0.182. The number of cyclic esters (lactones) is 1. The summed E-state index contributed by atoms with van der Waals surface area (Å²) in [7, 11) is 3.01. The van der Waals surface area contributed by atoms with Crippen molar-refractivity contribution in [3.8, 4) is 28.7 Å². The van der Waals surface area contributed by atoms with Crippen LogP contribution in [0.25, 0.3) is 0 Å². The first-order valence-corrected chi connectivity index (χ1v) is 8.47. The predicted molar refractivity (Wildman–Crippen MR) is 96.2 cm³/mol. The molecule has 0 spiro atoms. The van der Waals surface area contributed by atoms with E-state index in [-0.39, 0.29) is 30.5 Å². The lowest BCUT2D eigenvalue weighted by Gasteiger charge is -2.21. The van der Waals surface area contributed by atoms with Crippen molar-refractivity contribution in [2.75, 3.05) is 27.6 Å². The SMILES string of the molecule is COc1ccc([C@H](C2=C(O)COC2=O)c2cc3c(cc2O)OCO3)cc1OC. The van der Waals surface area contributed by atoms with E-state index in [9.17, 15) is 15.0 Å². The molecule has 0 aromatic heterocycles. The third-order valence-electron chi connectivity index (χ3n) is 4.73. The average molecular weight is 386 g/mol. The lowest BCUT2D eigenvalue weighted by atomic mass is 9.83. The van der Waals surface area contributed by atoms with Gasteiger partial charge in [0.15, 0.2) is 23.0 Å². The van der Waals surface area contributed by atoms with E-state index in [0.29, 0.717) is 34.1 Å². The number of esters is 1. The summed E-state index contributed by atoms with van der Waals surface area (Å²) in [5.41, 5.74) is 0.991. The summed E-state index contributed by atoms with van der Waals surface area (Å²) in [5, 5.41) is 20.9. The van der Waals surface area contributed by atoms with Crippen LogP contribution in [0.1, 0.15) is 17.0 Å². The van der Waals surface area contributed by atoms with E-state index in [1.165, 1.54) is 20.3 Å². The van der Waals surface area contributed by atoms with Crippen LogP contribution in [0.4, 0.5) is 0 Å². The van der Waals surface area contributed by atoms with E-state index in [1.54, 1.807) is 24.3 Å². The molecule has 0 saturated carbocycles. The Bertz CT molecular complexity index is 978. The normalized spacial score (nSPS) is 16.1. The summed E-state index contributed by atoms with van der Waals surface area (Å²) in [6.07, 6.45) is 0. The highest BCUT2D eigenvalue weighted by Gasteiger charge is 2.36. The summed E-state index contributed by atoms with van der Waals surface area (Å²) < 4.78 is 26.3. The van der Waals surface area contributed by atoms with E-state index < -0.39 is 11.9 Å². The van der Waals surface area contributed by atoms with E-state index in [0.717, 1.165) is 0 Å². The monoisotopic (exact) mass is 386 g/mol. The Morgan fingerprint density at radius 3 is 2.32 bits per heavy atom. The van der Waals surface area contributed by atoms with Crippen LogP contribution in [0, 0.1) is 0 Å². The molecule has 2 aromatic carbocycles. The van der Waals surface area contributed by atoms with Gasteiger partial charge in [0.1, 0.15) is 18.1 Å². The second kappa shape index (κ2) is 6.88. The minimum atomic E-state index is -0.815. The zero-order valence-corrected chi connectivity index (χ0v) is 15.2. The molecule has 2 aromatic rings. The van der Waals surface area contributed by atoms with E-state index >= 15 is 0 Å². The number of carbonyl (C=O) groups excluding carboxylic acids is 1. The highest BCUT2D eigenvalue weighted by atomic mass is 16.7. The highest BCUT2D eigenvalue weighted by Crippen LogP contribution is 2.47. The summed E-state index contributed by atoms with van der Waals surface area (Å²) in [5.74, 6) is 0.0117. The predicted octanol–water partition coefficient (Wildman–Crippen LogP) is 2.64. The van der Waals surface area contributed by atoms with Crippen LogP contribution in [0.2, 0.25) is 0 Å². The third kappa shape index (κ3) is 2.83. The molecular weight excluding hydrogens is 368 g/mol. The van der Waals surface area contributed by atoms with Crippen LogP contribution in [-0.4, -0.2) is 43.8 Å². The lowest BCUT2D eigenvalue weighted by molar-refractivity contribution is -0.136. The van der Waals surface area contributed by atoms with Gasteiger partial charge in [0, 0.05) is 17.5 Å². The van der Waals surface area contributed by atoms with Gasteiger partial charge in [-0.05, 0) is 23.8 Å². The second-order valence-corrected chi connectivity index (χ2v) is 6.25. The molecule has 28 heavy (non-hydrogen) atoms. The number of fused-ring (bicyclic) bond motifs is 1. The molecule has 8 heteroatoms. The number of hydrogen-bond donors (Lipinski definition) is 2. The van der Waals surface area contributed by atoms with Crippen molar-refractivity contribution in [2.24, 2.45) is 0 Å². The van der Waals surface area contributed by atoms with Crippen molar-refractivity contribution in [3.63, 3.8) is 0 Å². The van der Waals surface area contributed by atoms with Crippen LogP contribution in [-0.2, 0) is 9.53 Å². The van der Waals surface area contributed by atoms with Gasteiger partial charge in [0.2, 0.25) is 6.79 Å². The number of phenols is 1. The first-order valence-electron chi connectivity index (χ1n) is 8.47. The fourth-order valence-electron chi connectivity index (χ4n) is 3.40. The molecule has 2 N–H and O–H groups in total. The van der Waals surface area contributed by atoms with Crippen molar-refractivity contribution in [1.29, 1.82) is 0 Å². The fraction of sp³-hybridized carbons (Fsp3) is 0.250. The number of phenolic OH excluding ortho intramolecular Hbond substituents is 1. The van der Waals surface area contributed by atoms with Gasteiger partial charge in [-0.3, -0.25) is 0 Å². The number of benzene rings is 2. The standard InChI is InChI=1S/C20H18O8/c1-24-14-4-3-10(5-15(14)25-2)18(19-13(22)8-26-20(19)23)11-6-16-17(7-12(11)21)28-9-27-16/h3-7,18,21-22H,8-9H2,1-2H3/t18-/m0/s1. The second-order valence-electron chi connectivity index (χ2n) is 6.25. The van der Waals surface area contributed by atoms with Crippen LogP contribution < -0.4 is 18.9 Å². The third-order valence-corrected chi connectivity index (χ3v) is 4.73. The zero-order valence-electron chi connectivity index (χ0n) is 15.2. The molecule has 2 aliphatic heterocycles. The summed E-state index contributed by atoms with van der Waals surface area (Å²) in [6, 6.07) is 8.10. The Balaban J connectivity index is 1.92. The Morgan fingerprint density at radius 1 is 0.964 bits per heavy atom. The minimum absolute atomic E-state index is 0.0369. The molecule has 0 radical (unpaired) electrons. The van der Waals surface area contributed by atoms with E-state index in [2.05, 4.69) is 0 Å². The maximum atomic E-state index is 12.4. The van der Waals surface area contributed by atoms with Crippen molar-refractivity contribution in [3.05, 3.63) is 52.8 Å². The van der Waals surface area contributed by atoms with Crippen molar-refractivity contribution < 1.29 is 38.7 Å². The van der Waals surface area contributed by atoms with Gasteiger partial charge < -0.3 is 33.9 Å². The van der Waals surface area contributed by atoms with Gasteiger partial charge in [-0.2, -0.15) is 0 Å². The smallest absolute Gasteiger partial charge is 0.338 e. The first-order chi connectivity index (χ1) is 13.5. The van der Waals surface area contributed by atoms with Gasteiger partial charge in [0.05, 0.1) is 19.8 Å². The van der Waals surface area contributed by atoms with Crippen LogP contribution in [0.3, 0.4) is 0 Å². The molecule has 0 aliphatic carbocycles. The molecular formula is C20H18O8. The Kier molecular flexibility index (Phi) is 4.38. The van der Waals surface area contributed by atoms with E-state index in [1.807, 2.05) is 0 Å². The van der Waals surface area contributed by atoms with Crippen molar-refractivity contribution in [2.45, 2.75) is 5.92 Å². The van der Waals surface area contributed by atoms with Gasteiger partial charge in [-0.15, -0.1) is 0 Å². The largest absolute Gasteiger partial charge is 0.508 e. The number of rotatable bonds is 5. The summed E-state index contributed by atoms with van der Waals surface area (Å²) in [4.78, 5) is 12.4. The maximum Gasteiger partial charge on any atom is 0.338 e. The molecule has 0 amide bonds. The highest BCUT2D eigenvalue weighted by molar-refractivity contribution is 5.94. The molecule has 0 fully saturated rings. The first kappa shape index (κ1) is 17.8. The fourth-order valence-corrected chi connectivity index (χ4v) is 3.40. The van der Waals surface area contributed by atoms with Gasteiger partial charge in [-0.1, -0.05) is 6.07 Å².